The van der Waals surface area contributed by atoms with E-state index >= 15 is 0 Å². The minimum atomic E-state index is -5.08. The normalized spacial score (nSPS) is 11.3. The minimum Gasteiger partial charge on any atom is -0.492 e. The van der Waals surface area contributed by atoms with Crippen LogP contribution >= 0.6 is 0 Å². The van der Waals surface area contributed by atoms with Crippen LogP contribution in [0.2, 0.25) is 0 Å². The zero-order valence-corrected chi connectivity index (χ0v) is 15.8. The van der Waals surface area contributed by atoms with E-state index in [1.54, 1.807) is 7.11 Å². The number of carboxylic acids is 1. The standard InChI is InChI=1S/C18H17N3O2.C2HF3O2/c1-22-18-14-6-2-3-7-15(14)23-16(18)11-19-10-13-12-21-9-5-4-8-17(21)20-13;3-2(4,5)1(6)7/h2-9,12,19H,10-11H2,1H3;(H,6,7). The lowest BCUT2D eigenvalue weighted by atomic mass is 10.2. The number of para-hydroxylation sites is 1. The summed E-state index contributed by atoms with van der Waals surface area (Å²) in [5.74, 6) is -1.16. The predicted octanol–water partition coefficient (Wildman–Crippen LogP) is 4.01. The highest BCUT2D eigenvalue weighted by Gasteiger charge is 2.38. The van der Waals surface area contributed by atoms with Crippen LogP contribution in [0.4, 0.5) is 13.2 Å². The van der Waals surface area contributed by atoms with Gasteiger partial charge in [0.15, 0.2) is 11.5 Å². The lowest BCUT2D eigenvalue weighted by Gasteiger charge is -2.02. The molecule has 0 saturated carbocycles. The third kappa shape index (κ3) is 4.90. The molecule has 4 aromatic rings. The molecule has 0 aliphatic rings. The highest BCUT2D eigenvalue weighted by Crippen LogP contribution is 2.32. The minimum absolute atomic E-state index is 0.589. The van der Waals surface area contributed by atoms with Crippen molar-refractivity contribution in [2.24, 2.45) is 0 Å². The first-order valence-electron chi connectivity index (χ1n) is 8.77. The number of imidazole rings is 1. The largest absolute Gasteiger partial charge is 0.492 e. The van der Waals surface area contributed by atoms with Gasteiger partial charge in [0.05, 0.1) is 24.7 Å². The molecule has 0 aliphatic carbocycles. The van der Waals surface area contributed by atoms with Crippen LogP contribution in [0, 0.1) is 0 Å². The Morgan fingerprint density at radius 1 is 1.20 bits per heavy atom. The van der Waals surface area contributed by atoms with Crippen LogP contribution in [-0.2, 0) is 17.9 Å². The van der Waals surface area contributed by atoms with Crippen LogP contribution in [0.1, 0.15) is 11.5 Å². The number of nitrogens with one attached hydrogen (secondary N) is 1. The van der Waals surface area contributed by atoms with Crippen molar-refractivity contribution < 1.29 is 32.2 Å². The molecule has 0 amide bonds. The number of nitrogens with zero attached hydrogens (tertiary/aromatic N) is 2. The fourth-order valence-electron chi connectivity index (χ4n) is 2.79. The van der Waals surface area contributed by atoms with Gasteiger partial charge in [-0.1, -0.05) is 18.2 Å². The van der Waals surface area contributed by atoms with Crippen molar-refractivity contribution in [1.29, 1.82) is 0 Å². The topological polar surface area (TPSA) is 89.0 Å². The maximum Gasteiger partial charge on any atom is 0.490 e. The van der Waals surface area contributed by atoms with E-state index in [1.165, 1.54) is 0 Å². The smallest absolute Gasteiger partial charge is 0.490 e. The summed E-state index contributed by atoms with van der Waals surface area (Å²) in [5.41, 5.74) is 2.78. The maximum absolute atomic E-state index is 10.6. The van der Waals surface area contributed by atoms with Gasteiger partial charge < -0.3 is 24.0 Å². The molecule has 0 radical (unpaired) electrons. The van der Waals surface area contributed by atoms with E-state index in [1.807, 2.05) is 59.3 Å². The molecule has 0 saturated heterocycles. The van der Waals surface area contributed by atoms with Crippen LogP contribution < -0.4 is 10.1 Å². The van der Waals surface area contributed by atoms with Crippen LogP contribution in [0.5, 0.6) is 5.75 Å². The summed E-state index contributed by atoms with van der Waals surface area (Å²) in [6.45, 7) is 1.26. The van der Waals surface area contributed by atoms with Gasteiger partial charge in [0.2, 0.25) is 0 Å². The average molecular weight is 421 g/mol. The van der Waals surface area contributed by atoms with Crippen molar-refractivity contribution in [3.05, 3.63) is 66.3 Å². The monoisotopic (exact) mass is 421 g/mol. The van der Waals surface area contributed by atoms with Gasteiger partial charge >= 0.3 is 12.1 Å². The third-order valence-corrected chi connectivity index (χ3v) is 4.07. The van der Waals surface area contributed by atoms with Gasteiger partial charge in [-0.3, -0.25) is 0 Å². The number of fused-ring (bicyclic) bond motifs is 2. The van der Waals surface area contributed by atoms with Crippen molar-refractivity contribution in [1.82, 2.24) is 14.7 Å². The lowest BCUT2D eigenvalue weighted by molar-refractivity contribution is -0.192. The Labute approximate surface area is 168 Å². The summed E-state index contributed by atoms with van der Waals surface area (Å²) in [6.07, 6.45) is -1.06. The highest BCUT2D eigenvalue weighted by molar-refractivity contribution is 5.85. The maximum atomic E-state index is 10.6. The van der Waals surface area contributed by atoms with E-state index < -0.39 is 12.1 Å². The molecule has 3 aromatic heterocycles. The van der Waals surface area contributed by atoms with E-state index in [2.05, 4.69) is 10.3 Å². The Kier molecular flexibility index (Phi) is 6.26. The molecule has 3 heterocycles. The number of ether oxygens (including phenoxy) is 1. The van der Waals surface area contributed by atoms with Crippen molar-refractivity contribution >= 4 is 22.6 Å². The average Bonchev–Trinajstić information content (AvgIpc) is 3.27. The van der Waals surface area contributed by atoms with Crippen molar-refractivity contribution in [2.75, 3.05) is 7.11 Å². The molecule has 158 valence electrons. The summed E-state index contributed by atoms with van der Waals surface area (Å²) < 4.78 is 45.1. The first-order valence-corrected chi connectivity index (χ1v) is 8.77. The molecule has 2 N–H and O–H groups in total. The Hall–Kier alpha value is -3.53. The number of aromatic nitrogens is 2. The van der Waals surface area contributed by atoms with Crippen molar-refractivity contribution in [2.45, 2.75) is 19.3 Å². The molecule has 0 atom stereocenters. The second-order valence-corrected chi connectivity index (χ2v) is 6.16. The first kappa shape index (κ1) is 21.2. The Bertz CT molecular complexity index is 1120. The van der Waals surface area contributed by atoms with Crippen LogP contribution in [0.25, 0.3) is 16.6 Å². The van der Waals surface area contributed by atoms with Gasteiger partial charge in [0, 0.05) is 18.9 Å². The molecule has 0 aliphatic heterocycles. The number of furan rings is 1. The molecule has 4 rings (SSSR count). The molecule has 0 spiro atoms. The summed E-state index contributed by atoms with van der Waals surface area (Å²) in [5, 5.41) is 11.5. The van der Waals surface area contributed by atoms with E-state index in [0.717, 1.165) is 33.8 Å². The van der Waals surface area contributed by atoms with E-state index in [-0.39, 0.29) is 0 Å². The van der Waals surface area contributed by atoms with Gasteiger partial charge in [-0.2, -0.15) is 13.2 Å². The quantitative estimate of drug-likeness (QED) is 0.506. The molecular weight excluding hydrogens is 403 g/mol. The van der Waals surface area contributed by atoms with Crippen LogP contribution in [0.3, 0.4) is 0 Å². The lowest BCUT2D eigenvalue weighted by Crippen LogP contribution is -2.21. The number of methoxy groups -OCH3 is 1. The summed E-state index contributed by atoms with van der Waals surface area (Å²) in [6, 6.07) is 13.9. The van der Waals surface area contributed by atoms with E-state index in [4.69, 9.17) is 19.1 Å². The Morgan fingerprint density at radius 2 is 1.90 bits per heavy atom. The molecule has 7 nitrogen and oxygen atoms in total. The van der Waals surface area contributed by atoms with Crippen LogP contribution in [-0.4, -0.2) is 33.7 Å². The summed E-state index contributed by atoms with van der Waals surface area (Å²) in [7, 11) is 1.67. The molecule has 1 aromatic carbocycles. The number of halogens is 3. The van der Waals surface area contributed by atoms with Crippen LogP contribution in [0.15, 0.2) is 59.3 Å². The number of hydrogen-bond acceptors (Lipinski definition) is 5. The van der Waals surface area contributed by atoms with Crippen molar-refractivity contribution in [3.63, 3.8) is 0 Å². The molecule has 10 heteroatoms. The second-order valence-electron chi connectivity index (χ2n) is 6.16. The summed E-state index contributed by atoms with van der Waals surface area (Å²) >= 11 is 0. The number of alkyl halides is 3. The fourth-order valence-corrected chi connectivity index (χ4v) is 2.79. The highest BCUT2D eigenvalue weighted by atomic mass is 19.4. The second kappa shape index (κ2) is 8.87. The molecule has 0 fully saturated rings. The molecule has 0 unspecified atom stereocenters. The number of carbonyl (C=O) groups is 1. The van der Waals surface area contributed by atoms with E-state index in [0.29, 0.717) is 13.1 Å². The van der Waals surface area contributed by atoms with Gasteiger partial charge in [-0.15, -0.1) is 0 Å². The third-order valence-electron chi connectivity index (χ3n) is 4.07. The number of rotatable bonds is 5. The number of pyridine rings is 1. The fraction of sp³-hybridized carbons (Fsp3) is 0.200. The molecular formula is C20H18F3N3O4. The zero-order chi connectivity index (χ0) is 21.7. The first-order chi connectivity index (χ1) is 14.3. The van der Waals surface area contributed by atoms with Gasteiger partial charge in [-0.25, -0.2) is 9.78 Å². The Morgan fingerprint density at radius 3 is 2.57 bits per heavy atom. The van der Waals surface area contributed by atoms with E-state index in [9.17, 15) is 13.2 Å². The SMILES string of the molecule is COc1c(CNCc2cn3ccccc3n2)oc2ccccc12.O=C(O)C(F)(F)F. The summed E-state index contributed by atoms with van der Waals surface area (Å²) in [4.78, 5) is 13.5. The zero-order valence-electron chi connectivity index (χ0n) is 15.8. The molecule has 0 bridgehead atoms. The predicted molar refractivity (Wildman–Crippen MR) is 102 cm³/mol. The van der Waals surface area contributed by atoms with Gasteiger partial charge in [0.1, 0.15) is 11.2 Å². The number of benzene rings is 1. The van der Waals surface area contributed by atoms with Crippen molar-refractivity contribution in [3.8, 4) is 5.75 Å². The van der Waals surface area contributed by atoms with Gasteiger partial charge in [0.25, 0.3) is 0 Å². The number of carboxylic acid groups (broad SMARTS) is 1. The number of aliphatic carboxylic acids is 1. The number of hydrogen-bond donors (Lipinski definition) is 2. The Balaban J connectivity index is 0.000000318. The molecule has 30 heavy (non-hydrogen) atoms. The van der Waals surface area contributed by atoms with Gasteiger partial charge in [-0.05, 0) is 24.3 Å².